The molecule has 2 aliphatic rings. The lowest BCUT2D eigenvalue weighted by atomic mass is 10.0. The molecule has 0 bridgehead atoms. The van der Waals surface area contributed by atoms with Crippen molar-refractivity contribution in [2.45, 2.75) is 19.3 Å². The van der Waals surface area contributed by atoms with Gasteiger partial charge in [0, 0.05) is 18.7 Å². The van der Waals surface area contributed by atoms with E-state index < -0.39 is 0 Å². The van der Waals surface area contributed by atoms with Crippen LogP contribution in [0.3, 0.4) is 0 Å². The molecule has 1 aliphatic heterocycles. The van der Waals surface area contributed by atoms with Crippen molar-refractivity contribution in [1.29, 1.82) is 5.41 Å². The van der Waals surface area contributed by atoms with Gasteiger partial charge in [0.25, 0.3) is 0 Å². The van der Waals surface area contributed by atoms with E-state index in [4.69, 9.17) is 22.7 Å². The van der Waals surface area contributed by atoms with E-state index in [1.165, 1.54) is 19.3 Å². The molecule has 1 saturated heterocycles. The van der Waals surface area contributed by atoms with Crippen LogP contribution in [-0.4, -0.2) is 18.9 Å². The summed E-state index contributed by atoms with van der Waals surface area (Å²) in [5.41, 5.74) is 7.26. The highest BCUT2D eigenvalue weighted by atomic mass is 35.5. The van der Waals surface area contributed by atoms with E-state index in [0.29, 0.717) is 10.6 Å². The van der Waals surface area contributed by atoms with E-state index in [-0.39, 0.29) is 5.84 Å². The Morgan fingerprint density at radius 1 is 1.28 bits per heavy atom. The lowest BCUT2D eigenvalue weighted by Crippen LogP contribution is -2.21. The average Bonchev–Trinajstić information content (AvgIpc) is 2.88. The zero-order chi connectivity index (χ0) is 12.7. The number of hydrogen-bond donors (Lipinski definition) is 2. The van der Waals surface area contributed by atoms with Gasteiger partial charge in [-0.05, 0) is 42.9 Å². The largest absolute Gasteiger partial charge is 0.384 e. The van der Waals surface area contributed by atoms with Crippen molar-refractivity contribution in [3.63, 3.8) is 0 Å². The predicted octanol–water partition coefficient (Wildman–Crippen LogP) is 2.86. The normalized spacial score (nSPS) is 26.4. The van der Waals surface area contributed by atoms with Gasteiger partial charge in [-0.1, -0.05) is 18.0 Å². The van der Waals surface area contributed by atoms with Gasteiger partial charge in [-0.2, -0.15) is 0 Å². The molecule has 1 saturated carbocycles. The Balaban J connectivity index is 1.83. The second-order valence-corrected chi connectivity index (χ2v) is 5.84. The fourth-order valence-electron chi connectivity index (χ4n) is 3.36. The molecule has 3 N–H and O–H groups in total. The van der Waals surface area contributed by atoms with Crippen molar-refractivity contribution >= 4 is 23.1 Å². The van der Waals surface area contributed by atoms with Crippen LogP contribution < -0.4 is 10.6 Å². The number of nitrogens with one attached hydrogen (secondary N) is 1. The minimum Gasteiger partial charge on any atom is -0.384 e. The topological polar surface area (TPSA) is 53.1 Å². The molecular formula is C14H18ClN3. The molecule has 18 heavy (non-hydrogen) atoms. The number of hydrogen-bond acceptors (Lipinski definition) is 2. The molecule has 0 spiro atoms. The van der Waals surface area contributed by atoms with Crippen LogP contribution in [0, 0.1) is 17.2 Å². The standard InChI is InChI=1S/C14H18ClN3/c15-12-6-9(14(16)17)4-5-13(12)18-7-10-2-1-3-11(10)8-18/h4-6,10-11H,1-3,7-8H2,(H3,16,17). The molecule has 4 heteroatoms. The molecule has 2 atom stereocenters. The molecule has 3 nitrogen and oxygen atoms in total. The number of fused-ring (bicyclic) bond motifs is 1. The van der Waals surface area contributed by atoms with Gasteiger partial charge >= 0.3 is 0 Å². The molecule has 0 radical (unpaired) electrons. The second kappa shape index (κ2) is 4.47. The van der Waals surface area contributed by atoms with Gasteiger partial charge in [0.1, 0.15) is 5.84 Å². The van der Waals surface area contributed by atoms with Crippen LogP contribution in [0.25, 0.3) is 0 Å². The summed E-state index contributed by atoms with van der Waals surface area (Å²) in [5.74, 6) is 1.78. The minimum atomic E-state index is 0.0711. The van der Waals surface area contributed by atoms with Crippen molar-refractivity contribution in [2.24, 2.45) is 17.6 Å². The molecule has 2 fully saturated rings. The van der Waals surface area contributed by atoms with E-state index in [0.717, 1.165) is 30.6 Å². The summed E-state index contributed by atoms with van der Waals surface area (Å²) in [4.78, 5) is 2.39. The Morgan fingerprint density at radius 3 is 2.50 bits per heavy atom. The number of nitrogen functional groups attached to an aromatic ring is 1. The fourth-order valence-corrected chi connectivity index (χ4v) is 3.66. The third-order valence-electron chi connectivity index (χ3n) is 4.33. The third-order valence-corrected chi connectivity index (χ3v) is 4.63. The van der Waals surface area contributed by atoms with Crippen molar-refractivity contribution in [3.05, 3.63) is 28.8 Å². The van der Waals surface area contributed by atoms with E-state index in [1.807, 2.05) is 12.1 Å². The third kappa shape index (κ3) is 1.97. The molecule has 96 valence electrons. The van der Waals surface area contributed by atoms with Crippen molar-refractivity contribution in [2.75, 3.05) is 18.0 Å². The van der Waals surface area contributed by atoms with Crippen LogP contribution in [-0.2, 0) is 0 Å². The Morgan fingerprint density at radius 2 is 1.94 bits per heavy atom. The molecule has 1 heterocycles. The molecule has 1 aromatic rings. The first-order chi connectivity index (χ1) is 8.65. The van der Waals surface area contributed by atoms with Gasteiger partial charge in [0.15, 0.2) is 0 Å². The van der Waals surface area contributed by atoms with Crippen molar-refractivity contribution in [3.8, 4) is 0 Å². The van der Waals surface area contributed by atoms with Gasteiger partial charge in [-0.25, -0.2) is 0 Å². The first-order valence-electron chi connectivity index (χ1n) is 6.54. The second-order valence-electron chi connectivity index (χ2n) is 5.44. The number of anilines is 1. The van der Waals surface area contributed by atoms with E-state index >= 15 is 0 Å². The van der Waals surface area contributed by atoms with Crippen LogP contribution in [0.2, 0.25) is 5.02 Å². The van der Waals surface area contributed by atoms with Crippen LogP contribution in [0.15, 0.2) is 18.2 Å². The SMILES string of the molecule is N=C(N)c1ccc(N2CC3CCCC3C2)c(Cl)c1. The summed E-state index contributed by atoms with van der Waals surface area (Å²) < 4.78 is 0. The summed E-state index contributed by atoms with van der Waals surface area (Å²) in [6.45, 7) is 2.26. The highest BCUT2D eigenvalue weighted by Gasteiger charge is 2.36. The average molecular weight is 264 g/mol. The van der Waals surface area contributed by atoms with Crippen LogP contribution in [0.1, 0.15) is 24.8 Å². The van der Waals surface area contributed by atoms with Gasteiger partial charge in [-0.3, -0.25) is 5.41 Å². The fraction of sp³-hybridized carbons (Fsp3) is 0.500. The summed E-state index contributed by atoms with van der Waals surface area (Å²) >= 11 is 6.32. The van der Waals surface area contributed by atoms with Crippen LogP contribution in [0.5, 0.6) is 0 Å². The monoisotopic (exact) mass is 263 g/mol. The molecule has 0 amide bonds. The summed E-state index contributed by atoms with van der Waals surface area (Å²) in [7, 11) is 0. The van der Waals surface area contributed by atoms with Gasteiger partial charge in [-0.15, -0.1) is 0 Å². The van der Waals surface area contributed by atoms with Crippen LogP contribution in [0.4, 0.5) is 5.69 Å². The molecule has 1 aromatic carbocycles. The van der Waals surface area contributed by atoms with E-state index in [1.54, 1.807) is 6.07 Å². The van der Waals surface area contributed by atoms with Crippen molar-refractivity contribution in [1.82, 2.24) is 0 Å². The lowest BCUT2D eigenvalue weighted by Gasteiger charge is -2.21. The Kier molecular flexibility index (Phi) is 2.94. The zero-order valence-corrected chi connectivity index (χ0v) is 11.1. The first-order valence-corrected chi connectivity index (χ1v) is 6.92. The van der Waals surface area contributed by atoms with Gasteiger partial charge < -0.3 is 10.6 Å². The van der Waals surface area contributed by atoms with E-state index in [2.05, 4.69) is 4.90 Å². The molecular weight excluding hydrogens is 246 g/mol. The Labute approximate surface area is 112 Å². The maximum absolute atomic E-state index is 7.42. The number of rotatable bonds is 2. The van der Waals surface area contributed by atoms with Crippen LogP contribution >= 0.6 is 11.6 Å². The first kappa shape index (κ1) is 11.8. The molecule has 1 aliphatic carbocycles. The summed E-state index contributed by atoms with van der Waals surface area (Å²) in [6.07, 6.45) is 4.12. The maximum Gasteiger partial charge on any atom is 0.122 e. The van der Waals surface area contributed by atoms with Crippen molar-refractivity contribution < 1.29 is 0 Å². The smallest absolute Gasteiger partial charge is 0.122 e. The number of nitrogens with zero attached hydrogens (tertiary/aromatic N) is 1. The number of halogens is 1. The Bertz CT molecular complexity index is 474. The number of amidine groups is 1. The maximum atomic E-state index is 7.42. The lowest BCUT2D eigenvalue weighted by molar-refractivity contribution is 0.494. The van der Waals surface area contributed by atoms with Gasteiger partial charge in [0.2, 0.25) is 0 Å². The number of nitrogens with two attached hydrogens (primary N) is 1. The van der Waals surface area contributed by atoms with E-state index in [9.17, 15) is 0 Å². The quantitative estimate of drug-likeness (QED) is 0.637. The summed E-state index contributed by atoms with van der Waals surface area (Å²) in [5, 5.41) is 8.13. The molecule has 2 unspecified atom stereocenters. The highest BCUT2D eigenvalue weighted by molar-refractivity contribution is 6.33. The predicted molar refractivity (Wildman–Crippen MR) is 75.5 cm³/mol. The summed E-state index contributed by atoms with van der Waals surface area (Å²) in [6, 6.07) is 5.69. The number of benzene rings is 1. The van der Waals surface area contributed by atoms with Gasteiger partial charge in [0.05, 0.1) is 10.7 Å². The molecule has 0 aromatic heterocycles. The minimum absolute atomic E-state index is 0.0711. The highest BCUT2D eigenvalue weighted by Crippen LogP contribution is 2.41. The zero-order valence-electron chi connectivity index (χ0n) is 10.3. The molecule has 3 rings (SSSR count). The Hall–Kier alpha value is -1.22.